The van der Waals surface area contributed by atoms with E-state index in [-0.39, 0.29) is 0 Å². The smallest absolute Gasteiger partial charge is 0.0726 e. The first kappa shape index (κ1) is 37.6. The Bertz CT molecular complexity index is 3550. The molecule has 0 radical (unpaired) electrons. The van der Waals surface area contributed by atoms with Gasteiger partial charge in [0, 0.05) is 39.3 Å². The third kappa shape index (κ3) is 5.23. The monoisotopic (exact) mass is 830 g/mol. The third-order valence-corrected chi connectivity index (χ3v) is 14.4. The number of benzene rings is 9. The minimum absolute atomic E-state index is 0.407. The average Bonchev–Trinajstić information content (AvgIpc) is 4.08. The minimum atomic E-state index is -0.407. The molecule has 9 aromatic carbocycles. The van der Waals surface area contributed by atoms with Crippen molar-refractivity contribution in [1.29, 1.82) is 0 Å². The van der Waals surface area contributed by atoms with Gasteiger partial charge in [-0.2, -0.15) is 0 Å². The van der Waals surface area contributed by atoms with Gasteiger partial charge < -0.3 is 9.47 Å². The molecule has 1 heterocycles. The van der Waals surface area contributed by atoms with Crippen LogP contribution in [0.2, 0.25) is 0 Å². The lowest BCUT2D eigenvalue weighted by atomic mass is 9.70. The Labute approximate surface area is 380 Å². The molecule has 1 aromatic heterocycles. The van der Waals surface area contributed by atoms with Gasteiger partial charge in [-0.05, 0) is 139 Å². The lowest BCUT2D eigenvalue weighted by Gasteiger charge is -2.32. The van der Waals surface area contributed by atoms with Crippen LogP contribution in [0.5, 0.6) is 0 Å². The Morgan fingerprint density at radius 1 is 0.462 bits per heavy atom. The van der Waals surface area contributed by atoms with Crippen molar-refractivity contribution in [3.63, 3.8) is 0 Å². The van der Waals surface area contributed by atoms with Crippen molar-refractivity contribution in [3.05, 3.63) is 241 Å². The molecule has 65 heavy (non-hydrogen) atoms. The van der Waals surface area contributed by atoms with E-state index in [1.807, 2.05) is 13.8 Å². The van der Waals surface area contributed by atoms with Crippen LogP contribution in [-0.2, 0) is 5.41 Å². The number of aromatic nitrogens is 1. The Kier molecular flexibility index (Phi) is 8.42. The van der Waals surface area contributed by atoms with Gasteiger partial charge >= 0.3 is 0 Å². The topological polar surface area (TPSA) is 8.17 Å². The molecule has 0 saturated carbocycles. The van der Waals surface area contributed by atoms with Gasteiger partial charge in [-0.25, -0.2) is 0 Å². The standard InChI is InChI=1S/C61H40N2.C2H6/c1-3-17-42(18-4-1)62(45-34-35-49-48-23-9-12-28-55(48)61(56(49)38-45)53-26-10-7-21-46(53)47-22-8-11-27-54(47)61)44-32-29-39(30-33-44)41-31-36-57-52(37-41)59-50-24-13-15-40-16-14-25-51(58(40)50)60(59)63(57)43-19-5-2-6-20-43;1-2/h1-5,7-19,21-38H,6,20H2;1-2H3. The molecule has 2 heteroatoms. The van der Waals surface area contributed by atoms with Gasteiger partial charge in [0.2, 0.25) is 0 Å². The first-order chi connectivity index (χ1) is 32.3. The molecule has 308 valence electrons. The van der Waals surface area contributed by atoms with E-state index in [0.29, 0.717) is 0 Å². The first-order valence-electron chi connectivity index (χ1n) is 23.2. The number of para-hydroxylation sites is 1. The van der Waals surface area contributed by atoms with Crippen molar-refractivity contribution >= 4 is 44.4 Å². The number of allylic oxidation sites excluding steroid dienone is 4. The molecule has 0 saturated heterocycles. The molecule has 10 aromatic rings. The van der Waals surface area contributed by atoms with Gasteiger partial charge in [0.05, 0.1) is 16.6 Å². The van der Waals surface area contributed by atoms with E-state index in [1.54, 1.807) is 0 Å². The van der Waals surface area contributed by atoms with Gasteiger partial charge in [0.25, 0.3) is 0 Å². The van der Waals surface area contributed by atoms with Gasteiger partial charge in [-0.1, -0.05) is 178 Å². The zero-order valence-corrected chi connectivity index (χ0v) is 36.6. The maximum atomic E-state index is 2.55. The number of nitrogens with zero attached hydrogens (tertiary/aromatic N) is 2. The van der Waals surface area contributed by atoms with Crippen LogP contribution in [0.15, 0.2) is 218 Å². The summed E-state index contributed by atoms with van der Waals surface area (Å²) in [4.78, 5) is 2.42. The highest BCUT2D eigenvalue weighted by Gasteiger charge is 2.51. The highest BCUT2D eigenvalue weighted by Crippen LogP contribution is 2.63. The number of hydrogen-bond donors (Lipinski definition) is 0. The molecule has 4 aliphatic rings. The summed E-state index contributed by atoms with van der Waals surface area (Å²) in [5.74, 6) is 0. The molecule has 0 fully saturated rings. The summed E-state index contributed by atoms with van der Waals surface area (Å²) in [5, 5.41) is 3.97. The molecular weight excluding hydrogens is 785 g/mol. The molecule has 0 bridgehead atoms. The van der Waals surface area contributed by atoms with Gasteiger partial charge in [-0.3, -0.25) is 0 Å². The van der Waals surface area contributed by atoms with Crippen molar-refractivity contribution < 1.29 is 0 Å². The van der Waals surface area contributed by atoms with E-state index >= 15 is 0 Å². The third-order valence-electron chi connectivity index (χ3n) is 14.4. The fourth-order valence-electron chi connectivity index (χ4n) is 11.9. The summed E-state index contributed by atoms with van der Waals surface area (Å²) in [6.07, 6.45) is 8.89. The summed E-state index contributed by atoms with van der Waals surface area (Å²) in [6.45, 7) is 4.00. The van der Waals surface area contributed by atoms with Crippen LogP contribution in [0.3, 0.4) is 0 Å². The van der Waals surface area contributed by atoms with Crippen LogP contribution in [0.4, 0.5) is 17.1 Å². The molecular formula is C63H46N2. The second-order valence-corrected chi connectivity index (χ2v) is 17.5. The second kappa shape index (κ2) is 14.6. The van der Waals surface area contributed by atoms with Crippen molar-refractivity contribution in [2.75, 3.05) is 4.90 Å². The first-order valence-corrected chi connectivity index (χ1v) is 23.2. The largest absolute Gasteiger partial charge is 0.312 e. The van der Waals surface area contributed by atoms with Gasteiger partial charge in [-0.15, -0.1) is 0 Å². The maximum absolute atomic E-state index is 2.55. The maximum Gasteiger partial charge on any atom is 0.0726 e. The summed E-state index contributed by atoms with van der Waals surface area (Å²) in [7, 11) is 0. The Morgan fingerprint density at radius 2 is 1.03 bits per heavy atom. The molecule has 2 nitrogen and oxygen atoms in total. The molecule has 14 rings (SSSR count). The predicted octanol–water partition coefficient (Wildman–Crippen LogP) is 17.1. The van der Waals surface area contributed by atoms with Crippen LogP contribution >= 0.6 is 0 Å². The van der Waals surface area contributed by atoms with Crippen molar-refractivity contribution in [3.8, 4) is 55.8 Å². The van der Waals surface area contributed by atoms with E-state index in [0.717, 1.165) is 29.9 Å². The van der Waals surface area contributed by atoms with Crippen molar-refractivity contribution in [1.82, 2.24) is 4.57 Å². The van der Waals surface area contributed by atoms with E-state index in [9.17, 15) is 0 Å². The lowest BCUT2D eigenvalue weighted by Crippen LogP contribution is -2.26. The fraction of sp³-hybridized carbons (Fsp3) is 0.0794. The normalized spacial score (nSPS) is 14.0. The number of fused-ring (bicyclic) bond motifs is 15. The van der Waals surface area contributed by atoms with E-state index in [4.69, 9.17) is 0 Å². The molecule has 0 N–H and O–H groups in total. The Morgan fingerprint density at radius 3 is 1.69 bits per heavy atom. The average molecular weight is 831 g/mol. The van der Waals surface area contributed by atoms with Crippen molar-refractivity contribution in [2.45, 2.75) is 32.1 Å². The number of anilines is 3. The molecule has 0 unspecified atom stereocenters. The summed E-state index contributed by atoms with van der Waals surface area (Å²) in [6, 6.07) is 75.0. The molecule has 4 aliphatic carbocycles. The second-order valence-electron chi connectivity index (χ2n) is 17.5. The fourth-order valence-corrected chi connectivity index (χ4v) is 11.9. The van der Waals surface area contributed by atoms with E-state index < -0.39 is 5.41 Å². The SMILES string of the molecule is C1=CCCC(n2c3c(c4cc(-c5ccc(N(c6ccccc6)c6ccc7c(c6)C6(c8ccccc8-c8ccccc86)c6ccccc6-7)cc5)ccc42)-c2cccc4cccc-3c24)=C1.CC. The summed E-state index contributed by atoms with van der Waals surface area (Å²) in [5.41, 5.74) is 24.0. The number of rotatable bonds is 5. The highest BCUT2D eigenvalue weighted by molar-refractivity contribution is 6.22. The highest BCUT2D eigenvalue weighted by atomic mass is 15.1. The zero-order chi connectivity index (χ0) is 43.2. The predicted molar refractivity (Wildman–Crippen MR) is 274 cm³/mol. The molecule has 0 aliphatic heterocycles. The van der Waals surface area contributed by atoms with Crippen LogP contribution < -0.4 is 4.90 Å². The summed E-state index contributed by atoms with van der Waals surface area (Å²) >= 11 is 0. The number of hydrogen-bond acceptors (Lipinski definition) is 1. The summed E-state index contributed by atoms with van der Waals surface area (Å²) < 4.78 is 2.55. The lowest BCUT2D eigenvalue weighted by molar-refractivity contribution is 0.793. The van der Waals surface area contributed by atoms with Gasteiger partial charge in [0.1, 0.15) is 0 Å². The quantitative estimate of drug-likeness (QED) is 0.168. The van der Waals surface area contributed by atoms with Gasteiger partial charge in [0.15, 0.2) is 0 Å². The molecule has 0 amide bonds. The van der Waals surface area contributed by atoms with Crippen LogP contribution in [0.1, 0.15) is 48.9 Å². The van der Waals surface area contributed by atoms with E-state index in [2.05, 4.69) is 228 Å². The van der Waals surface area contributed by atoms with E-state index in [1.165, 1.54) is 105 Å². The van der Waals surface area contributed by atoms with Crippen LogP contribution in [0, 0.1) is 0 Å². The molecule has 1 spiro atoms. The van der Waals surface area contributed by atoms with Crippen LogP contribution in [0.25, 0.3) is 83.1 Å². The minimum Gasteiger partial charge on any atom is -0.312 e. The van der Waals surface area contributed by atoms with Crippen molar-refractivity contribution in [2.24, 2.45) is 0 Å². The molecule has 0 atom stereocenters. The Hall–Kier alpha value is -7.94. The Balaban J connectivity index is 0.00000209. The zero-order valence-electron chi connectivity index (χ0n) is 36.6. The van der Waals surface area contributed by atoms with Crippen LogP contribution in [-0.4, -0.2) is 4.57 Å².